The maximum absolute atomic E-state index is 5.83. The number of rotatable bonds is 5. The number of ether oxygens (including phenoxy) is 1. The zero-order valence-corrected chi connectivity index (χ0v) is 13.1. The lowest BCUT2D eigenvalue weighted by atomic mass is 10.0. The molecule has 0 aliphatic rings. The van der Waals surface area contributed by atoms with Crippen LogP contribution in [0.3, 0.4) is 0 Å². The molecule has 2 heterocycles. The van der Waals surface area contributed by atoms with Crippen molar-refractivity contribution in [2.24, 2.45) is 5.92 Å². The normalized spacial score (nSPS) is 11.3. The van der Waals surface area contributed by atoms with Gasteiger partial charge in [0.15, 0.2) is 11.2 Å². The molecule has 0 fully saturated rings. The molecule has 0 amide bonds. The third-order valence-corrected chi connectivity index (χ3v) is 3.40. The van der Waals surface area contributed by atoms with Gasteiger partial charge in [-0.15, -0.1) is 0 Å². The molecular formula is C17H20N4O. The molecule has 0 aliphatic carbocycles. The highest BCUT2D eigenvalue weighted by atomic mass is 16.5. The van der Waals surface area contributed by atoms with Gasteiger partial charge in [-0.25, -0.2) is 9.97 Å². The number of hydrogen-bond donors (Lipinski definition) is 1. The lowest BCUT2D eigenvalue weighted by Crippen LogP contribution is -2.01. The summed E-state index contributed by atoms with van der Waals surface area (Å²) >= 11 is 0. The van der Waals surface area contributed by atoms with Crippen molar-refractivity contribution in [3.8, 4) is 5.88 Å². The Morgan fingerprint density at radius 3 is 2.55 bits per heavy atom. The predicted octanol–water partition coefficient (Wildman–Crippen LogP) is 3.44. The van der Waals surface area contributed by atoms with Crippen LogP contribution in [-0.2, 0) is 13.0 Å². The van der Waals surface area contributed by atoms with Crippen molar-refractivity contribution in [2.45, 2.75) is 33.8 Å². The smallest absolute Gasteiger partial charge is 0.246 e. The van der Waals surface area contributed by atoms with E-state index in [1.165, 1.54) is 5.56 Å². The van der Waals surface area contributed by atoms with Gasteiger partial charge in [0, 0.05) is 0 Å². The number of nitrogens with zero attached hydrogens (tertiary/aromatic N) is 3. The summed E-state index contributed by atoms with van der Waals surface area (Å²) in [6, 6.07) is 8.53. The molecule has 2 aromatic heterocycles. The molecule has 0 atom stereocenters. The number of aromatic amines is 1. The first-order valence-corrected chi connectivity index (χ1v) is 7.50. The zero-order chi connectivity index (χ0) is 15.5. The second kappa shape index (κ2) is 6.13. The van der Waals surface area contributed by atoms with Crippen molar-refractivity contribution in [3.63, 3.8) is 0 Å². The van der Waals surface area contributed by atoms with Gasteiger partial charge < -0.3 is 9.72 Å². The molecule has 0 aliphatic heterocycles. The molecule has 114 valence electrons. The summed E-state index contributed by atoms with van der Waals surface area (Å²) in [5.41, 5.74) is 3.84. The fourth-order valence-corrected chi connectivity index (χ4v) is 2.41. The third-order valence-electron chi connectivity index (χ3n) is 3.40. The number of benzene rings is 1. The Morgan fingerprint density at radius 1 is 1.09 bits per heavy atom. The standard InChI is InChI=1S/C17H20N4O/c1-11(2)8-13-4-6-14(7-5-13)9-22-17-15-16(19-10-18-15)20-12(3)21-17/h4-7,10-11H,8-9H2,1-3H3,(H,18,19,20,21). The van der Waals surface area contributed by atoms with Gasteiger partial charge in [-0.2, -0.15) is 4.98 Å². The van der Waals surface area contributed by atoms with Crippen molar-refractivity contribution < 1.29 is 4.74 Å². The van der Waals surface area contributed by atoms with Crippen LogP contribution in [0, 0.1) is 12.8 Å². The number of aryl methyl sites for hydroxylation is 1. The summed E-state index contributed by atoms with van der Waals surface area (Å²) in [5.74, 6) is 1.85. The van der Waals surface area contributed by atoms with Gasteiger partial charge in [-0.3, -0.25) is 0 Å². The van der Waals surface area contributed by atoms with Crippen molar-refractivity contribution in [1.82, 2.24) is 19.9 Å². The van der Waals surface area contributed by atoms with Gasteiger partial charge in [0.05, 0.1) is 6.33 Å². The summed E-state index contributed by atoms with van der Waals surface area (Å²) in [6.07, 6.45) is 2.70. The first-order valence-electron chi connectivity index (χ1n) is 7.50. The fraction of sp³-hybridized carbons (Fsp3) is 0.353. The Labute approximate surface area is 129 Å². The molecule has 0 saturated carbocycles. The van der Waals surface area contributed by atoms with Crippen molar-refractivity contribution in [1.29, 1.82) is 0 Å². The van der Waals surface area contributed by atoms with Crippen LogP contribution in [0.1, 0.15) is 30.8 Å². The Balaban J connectivity index is 1.72. The average molecular weight is 296 g/mol. The first kappa shape index (κ1) is 14.5. The van der Waals surface area contributed by atoms with Crippen molar-refractivity contribution in [3.05, 3.63) is 47.5 Å². The minimum atomic E-state index is 0.473. The van der Waals surface area contributed by atoms with Gasteiger partial charge in [-0.1, -0.05) is 38.1 Å². The predicted molar refractivity (Wildman–Crippen MR) is 85.7 cm³/mol. The Kier molecular flexibility index (Phi) is 4.04. The minimum Gasteiger partial charge on any atom is -0.471 e. The quantitative estimate of drug-likeness (QED) is 0.783. The van der Waals surface area contributed by atoms with Gasteiger partial charge >= 0.3 is 0 Å². The van der Waals surface area contributed by atoms with E-state index in [1.54, 1.807) is 6.33 Å². The van der Waals surface area contributed by atoms with E-state index in [-0.39, 0.29) is 0 Å². The molecular weight excluding hydrogens is 276 g/mol. The van der Waals surface area contributed by atoms with Gasteiger partial charge in [-0.05, 0) is 30.4 Å². The van der Waals surface area contributed by atoms with Gasteiger partial charge in [0.25, 0.3) is 0 Å². The highest BCUT2D eigenvalue weighted by molar-refractivity contribution is 5.75. The Bertz CT molecular complexity index is 762. The van der Waals surface area contributed by atoms with E-state index in [9.17, 15) is 0 Å². The molecule has 3 aromatic rings. The summed E-state index contributed by atoms with van der Waals surface area (Å²) in [4.78, 5) is 15.8. The highest BCUT2D eigenvalue weighted by Crippen LogP contribution is 2.20. The van der Waals surface area contributed by atoms with Crippen LogP contribution < -0.4 is 4.74 Å². The van der Waals surface area contributed by atoms with E-state index in [2.05, 4.69) is 58.0 Å². The average Bonchev–Trinajstić information content (AvgIpc) is 2.93. The van der Waals surface area contributed by atoms with Crippen LogP contribution >= 0.6 is 0 Å². The van der Waals surface area contributed by atoms with Crippen molar-refractivity contribution in [2.75, 3.05) is 0 Å². The number of fused-ring (bicyclic) bond motifs is 1. The summed E-state index contributed by atoms with van der Waals surface area (Å²) < 4.78 is 5.83. The van der Waals surface area contributed by atoms with E-state index in [1.807, 2.05) is 6.92 Å². The van der Waals surface area contributed by atoms with E-state index >= 15 is 0 Å². The molecule has 5 nitrogen and oxygen atoms in total. The summed E-state index contributed by atoms with van der Waals surface area (Å²) in [7, 11) is 0. The second-order valence-corrected chi connectivity index (χ2v) is 5.88. The molecule has 22 heavy (non-hydrogen) atoms. The van der Waals surface area contributed by atoms with Gasteiger partial charge in [0.2, 0.25) is 5.88 Å². The van der Waals surface area contributed by atoms with Crippen LogP contribution in [0.4, 0.5) is 0 Å². The van der Waals surface area contributed by atoms with Gasteiger partial charge in [0.1, 0.15) is 12.4 Å². The number of imidazole rings is 1. The van der Waals surface area contributed by atoms with Crippen LogP contribution in [0.15, 0.2) is 30.6 Å². The molecule has 3 rings (SSSR count). The Morgan fingerprint density at radius 2 is 1.82 bits per heavy atom. The highest BCUT2D eigenvalue weighted by Gasteiger charge is 2.09. The molecule has 1 N–H and O–H groups in total. The summed E-state index contributed by atoms with van der Waals surface area (Å²) in [5, 5.41) is 0. The monoisotopic (exact) mass is 296 g/mol. The second-order valence-electron chi connectivity index (χ2n) is 5.88. The van der Waals surface area contributed by atoms with E-state index in [4.69, 9.17) is 4.74 Å². The van der Waals surface area contributed by atoms with Crippen molar-refractivity contribution >= 4 is 11.2 Å². The molecule has 0 radical (unpaired) electrons. The number of hydrogen-bond acceptors (Lipinski definition) is 4. The number of aromatic nitrogens is 4. The number of nitrogens with one attached hydrogen (secondary N) is 1. The zero-order valence-electron chi connectivity index (χ0n) is 13.1. The number of H-pyrrole nitrogens is 1. The largest absolute Gasteiger partial charge is 0.471 e. The van der Waals surface area contributed by atoms with Crippen LogP contribution in [0.5, 0.6) is 5.88 Å². The van der Waals surface area contributed by atoms with E-state index in [0.29, 0.717) is 35.4 Å². The summed E-state index contributed by atoms with van der Waals surface area (Å²) in [6.45, 7) is 6.77. The maximum atomic E-state index is 5.83. The van der Waals surface area contributed by atoms with E-state index < -0.39 is 0 Å². The van der Waals surface area contributed by atoms with Crippen LogP contribution in [0.25, 0.3) is 11.2 Å². The first-order chi connectivity index (χ1) is 10.6. The molecule has 0 unspecified atom stereocenters. The molecule has 0 saturated heterocycles. The molecule has 5 heteroatoms. The van der Waals surface area contributed by atoms with E-state index in [0.717, 1.165) is 12.0 Å². The third kappa shape index (κ3) is 3.24. The SMILES string of the molecule is Cc1nc(OCc2ccc(CC(C)C)cc2)c2nc[nH]c2n1. The Hall–Kier alpha value is -2.43. The van der Waals surface area contributed by atoms with Crippen LogP contribution in [-0.4, -0.2) is 19.9 Å². The maximum Gasteiger partial charge on any atom is 0.246 e. The minimum absolute atomic E-state index is 0.473. The van der Waals surface area contributed by atoms with Crippen LogP contribution in [0.2, 0.25) is 0 Å². The topological polar surface area (TPSA) is 63.7 Å². The molecule has 1 aromatic carbocycles. The fourth-order valence-electron chi connectivity index (χ4n) is 2.41. The molecule has 0 spiro atoms. The molecule has 0 bridgehead atoms. The lowest BCUT2D eigenvalue weighted by Gasteiger charge is -2.08. The lowest BCUT2D eigenvalue weighted by molar-refractivity contribution is 0.296.